The van der Waals surface area contributed by atoms with Crippen molar-refractivity contribution in [3.63, 3.8) is 0 Å². The largest absolute Gasteiger partial charge is 0.338 e. The lowest BCUT2D eigenvalue weighted by Crippen LogP contribution is -2.33. The fourth-order valence-corrected chi connectivity index (χ4v) is 8.77. The second kappa shape index (κ2) is 11.0. The molecule has 3 aliphatic carbocycles. The predicted octanol–water partition coefficient (Wildman–Crippen LogP) is 11.4. The van der Waals surface area contributed by atoms with Crippen LogP contribution in [0, 0.1) is 0 Å². The van der Waals surface area contributed by atoms with Gasteiger partial charge in [-0.3, -0.25) is 0 Å². The van der Waals surface area contributed by atoms with E-state index >= 15 is 0 Å². The number of allylic oxidation sites excluding steroid dienone is 3. The van der Waals surface area contributed by atoms with E-state index in [0.29, 0.717) is 18.0 Å². The van der Waals surface area contributed by atoms with Crippen LogP contribution in [0.3, 0.4) is 0 Å². The summed E-state index contributed by atoms with van der Waals surface area (Å²) in [5.41, 5.74) is 15.1. The molecule has 0 bridgehead atoms. The van der Waals surface area contributed by atoms with Crippen LogP contribution in [0.25, 0.3) is 11.1 Å². The molecule has 0 spiro atoms. The second-order valence-electron chi connectivity index (χ2n) is 14.0. The van der Waals surface area contributed by atoms with Gasteiger partial charge in [-0.25, -0.2) is 0 Å². The van der Waals surface area contributed by atoms with Crippen LogP contribution in [0.5, 0.6) is 0 Å². The van der Waals surface area contributed by atoms with Crippen molar-refractivity contribution in [2.75, 3.05) is 9.80 Å². The van der Waals surface area contributed by atoms with Crippen LogP contribution >= 0.6 is 0 Å². The molecule has 3 atom stereocenters. The number of benzene rings is 5. The van der Waals surface area contributed by atoms with E-state index in [-0.39, 0.29) is 5.41 Å². The fraction of sp³-hybridized carbons (Fsp3) is 0.200. The Morgan fingerprint density at radius 3 is 2.23 bits per heavy atom. The average Bonchev–Trinajstić information content (AvgIpc) is 3.58. The summed E-state index contributed by atoms with van der Waals surface area (Å²) < 4.78 is 0. The van der Waals surface area contributed by atoms with Crippen LogP contribution in [0.4, 0.5) is 22.7 Å². The molecule has 0 saturated carbocycles. The van der Waals surface area contributed by atoms with Crippen LogP contribution in [-0.4, -0.2) is 12.1 Å². The van der Waals surface area contributed by atoms with Crippen molar-refractivity contribution >= 4 is 22.7 Å². The van der Waals surface area contributed by atoms with Crippen LogP contribution in [0.2, 0.25) is 0 Å². The molecule has 5 aromatic rings. The topological polar surface area (TPSA) is 6.48 Å². The van der Waals surface area contributed by atoms with Crippen molar-refractivity contribution in [3.05, 3.63) is 180 Å². The van der Waals surface area contributed by atoms with Gasteiger partial charge in [0.05, 0.1) is 6.04 Å². The van der Waals surface area contributed by atoms with Crippen molar-refractivity contribution in [1.29, 1.82) is 0 Å². The highest BCUT2D eigenvalue weighted by Gasteiger charge is 2.39. The van der Waals surface area contributed by atoms with Crippen LogP contribution < -0.4 is 9.80 Å². The standard InChI is InChI=1S/C45H40N2/c1-45(2)41-19-11-9-17-37(41)38-27-26-36(30-42(38)45)46(33-13-5-3-6-14-33)35-24-21-31(22-25-35)32-23-28-44-40(29-32)39-18-10-12-20-43(39)47(44)34-15-7-4-8-16-34/h3-21,23,26-30,35,40,44H,22,24-25H2,1-2H3. The van der Waals surface area contributed by atoms with E-state index < -0.39 is 0 Å². The number of anilines is 4. The van der Waals surface area contributed by atoms with Gasteiger partial charge in [-0.15, -0.1) is 0 Å². The van der Waals surface area contributed by atoms with Gasteiger partial charge < -0.3 is 9.80 Å². The lowest BCUT2D eigenvalue weighted by Gasteiger charge is -2.37. The Bertz CT molecular complexity index is 2070. The first kappa shape index (κ1) is 28.2. The summed E-state index contributed by atoms with van der Waals surface area (Å²) in [6, 6.07) is 47.7. The summed E-state index contributed by atoms with van der Waals surface area (Å²) in [5, 5.41) is 0. The maximum atomic E-state index is 2.61. The minimum atomic E-state index is -0.0173. The van der Waals surface area contributed by atoms with Crippen molar-refractivity contribution in [3.8, 4) is 11.1 Å². The van der Waals surface area contributed by atoms with E-state index in [4.69, 9.17) is 0 Å². The normalized spacial score (nSPS) is 21.7. The highest BCUT2D eigenvalue weighted by Crippen LogP contribution is 2.51. The van der Waals surface area contributed by atoms with E-state index in [1.165, 1.54) is 61.7 Å². The summed E-state index contributed by atoms with van der Waals surface area (Å²) >= 11 is 0. The summed E-state index contributed by atoms with van der Waals surface area (Å²) in [6.07, 6.45) is 13.1. The van der Waals surface area contributed by atoms with Crippen LogP contribution in [0.15, 0.2) is 163 Å². The number of hydrogen-bond acceptors (Lipinski definition) is 2. The molecule has 0 saturated heterocycles. The summed E-state index contributed by atoms with van der Waals surface area (Å²) in [5.74, 6) is 0.352. The molecule has 2 nitrogen and oxygen atoms in total. The van der Waals surface area contributed by atoms with Crippen molar-refractivity contribution in [1.82, 2.24) is 0 Å². The number of nitrogens with zero attached hydrogens (tertiary/aromatic N) is 2. The third kappa shape index (κ3) is 4.53. The Balaban J connectivity index is 1.03. The fourth-order valence-electron chi connectivity index (χ4n) is 8.77. The molecule has 0 aromatic heterocycles. The lowest BCUT2D eigenvalue weighted by atomic mass is 9.81. The molecule has 1 aliphatic heterocycles. The van der Waals surface area contributed by atoms with Gasteiger partial charge in [0.2, 0.25) is 0 Å². The third-order valence-electron chi connectivity index (χ3n) is 11.1. The highest BCUT2D eigenvalue weighted by atomic mass is 15.2. The summed E-state index contributed by atoms with van der Waals surface area (Å²) in [4.78, 5) is 5.13. The molecule has 47 heavy (non-hydrogen) atoms. The molecule has 0 N–H and O–H groups in total. The van der Waals surface area contributed by atoms with Gasteiger partial charge >= 0.3 is 0 Å². The zero-order valence-corrected chi connectivity index (χ0v) is 27.2. The number of rotatable bonds is 5. The average molecular weight is 609 g/mol. The Morgan fingerprint density at radius 2 is 1.43 bits per heavy atom. The molecular weight excluding hydrogens is 569 g/mol. The Hall–Kier alpha value is -5.08. The number of fused-ring (bicyclic) bond motifs is 6. The molecule has 4 aliphatic rings. The molecule has 3 unspecified atom stereocenters. The SMILES string of the molecule is CC1(C)c2ccccc2-c2ccc(N(c3ccccc3)C3CC=C(C4=CC5c6ccccc6N(c6ccccc6)C5C=C4)CC3)cc21. The van der Waals surface area contributed by atoms with Gasteiger partial charge in [0.25, 0.3) is 0 Å². The first-order chi connectivity index (χ1) is 23.1. The minimum absolute atomic E-state index is 0.0173. The van der Waals surface area contributed by atoms with Crippen LogP contribution in [-0.2, 0) is 5.41 Å². The van der Waals surface area contributed by atoms with Crippen molar-refractivity contribution in [2.24, 2.45) is 0 Å². The van der Waals surface area contributed by atoms with Gasteiger partial charge in [-0.1, -0.05) is 123 Å². The van der Waals surface area contributed by atoms with Gasteiger partial charge in [-0.05, 0) is 101 Å². The van der Waals surface area contributed by atoms with Crippen molar-refractivity contribution < 1.29 is 0 Å². The zero-order chi connectivity index (χ0) is 31.5. The van der Waals surface area contributed by atoms with E-state index in [2.05, 4.69) is 175 Å². The van der Waals surface area contributed by atoms with E-state index in [9.17, 15) is 0 Å². The first-order valence-corrected chi connectivity index (χ1v) is 17.2. The molecule has 2 heteroatoms. The number of para-hydroxylation sites is 3. The van der Waals surface area contributed by atoms with E-state index in [0.717, 1.165) is 19.3 Å². The minimum Gasteiger partial charge on any atom is -0.338 e. The Labute approximate surface area is 279 Å². The maximum absolute atomic E-state index is 2.61. The molecule has 0 amide bonds. The molecule has 9 rings (SSSR count). The van der Waals surface area contributed by atoms with Gasteiger partial charge in [-0.2, -0.15) is 0 Å². The van der Waals surface area contributed by atoms with Gasteiger partial charge in [0.1, 0.15) is 0 Å². The summed E-state index contributed by atoms with van der Waals surface area (Å²) in [6.45, 7) is 4.75. The molecule has 0 radical (unpaired) electrons. The monoisotopic (exact) mass is 608 g/mol. The highest BCUT2D eigenvalue weighted by molar-refractivity contribution is 5.83. The van der Waals surface area contributed by atoms with Gasteiger partial charge in [0, 0.05) is 40.1 Å². The molecular formula is C45H40N2. The van der Waals surface area contributed by atoms with Crippen molar-refractivity contribution in [2.45, 2.75) is 56.5 Å². The number of hydrogen-bond donors (Lipinski definition) is 0. The summed E-state index contributed by atoms with van der Waals surface area (Å²) in [7, 11) is 0. The van der Waals surface area contributed by atoms with Gasteiger partial charge in [0.15, 0.2) is 0 Å². The molecule has 5 aromatic carbocycles. The first-order valence-electron chi connectivity index (χ1n) is 17.2. The molecule has 0 fully saturated rings. The van der Waals surface area contributed by atoms with Crippen LogP contribution in [0.1, 0.15) is 55.7 Å². The smallest absolute Gasteiger partial charge is 0.0630 e. The lowest BCUT2D eigenvalue weighted by molar-refractivity contribution is 0.577. The third-order valence-corrected chi connectivity index (χ3v) is 11.1. The molecule has 1 heterocycles. The van der Waals surface area contributed by atoms with E-state index in [1.54, 1.807) is 0 Å². The Kier molecular flexibility index (Phi) is 6.61. The molecule has 230 valence electrons. The van der Waals surface area contributed by atoms with E-state index in [1.807, 2.05) is 0 Å². The quantitative estimate of drug-likeness (QED) is 0.196. The Morgan fingerprint density at radius 1 is 0.702 bits per heavy atom. The maximum Gasteiger partial charge on any atom is 0.0630 e. The zero-order valence-electron chi connectivity index (χ0n) is 27.2. The predicted molar refractivity (Wildman–Crippen MR) is 197 cm³/mol. The second-order valence-corrected chi connectivity index (χ2v) is 14.0.